The molecule has 0 spiro atoms. The van der Waals surface area contributed by atoms with Crippen LogP contribution in [0.25, 0.3) is 0 Å². The van der Waals surface area contributed by atoms with Crippen molar-refractivity contribution in [3.63, 3.8) is 0 Å². The van der Waals surface area contributed by atoms with Gasteiger partial charge in [-0.3, -0.25) is 13.8 Å². The van der Waals surface area contributed by atoms with Gasteiger partial charge in [-0.15, -0.1) is 0 Å². The van der Waals surface area contributed by atoms with E-state index in [2.05, 4.69) is 5.32 Å². The van der Waals surface area contributed by atoms with Gasteiger partial charge in [0.05, 0.1) is 5.92 Å². The number of amides is 1. The van der Waals surface area contributed by atoms with Crippen LogP contribution in [0, 0.1) is 11.8 Å². The van der Waals surface area contributed by atoms with Crippen LogP contribution in [0.15, 0.2) is 0 Å². The zero-order valence-corrected chi connectivity index (χ0v) is 11.0. The highest BCUT2D eigenvalue weighted by Gasteiger charge is 2.34. The lowest BCUT2D eigenvalue weighted by molar-refractivity contribution is -0.141. The molecule has 1 amide bonds. The van der Waals surface area contributed by atoms with E-state index in [1.807, 2.05) is 6.92 Å². The van der Waals surface area contributed by atoms with Gasteiger partial charge in [0.2, 0.25) is 5.91 Å². The van der Waals surface area contributed by atoms with Gasteiger partial charge in [-0.25, -0.2) is 0 Å². The number of aliphatic carboxylic acids is 1. The molecule has 0 saturated heterocycles. The maximum Gasteiger partial charge on any atom is 0.306 e. The number of hydrogen-bond acceptors (Lipinski definition) is 3. The van der Waals surface area contributed by atoms with Crippen LogP contribution in [0.2, 0.25) is 0 Å². The van der Waals surface area contributed by atoms with E-state index in [9.17, 15) is 13.8 Å². The molecule has 0 aromatic rings. The molecule has 0 aliphatic heterocycles. The van der Waals surface area contributed by atoms with Crippen LogP contribution in [-0.4, -0.2) is 39.2 Å². The first-order valence-corrected chi connectivity index (χ1v) is 7.46. The van der Waals surface area contributed by atoms with Crippen molar-refractivity contribution in [2.45, 2.75) is 32.2 Å². The predicted molar refractivity (Wildman–Crippen MR) is 65.0 cm³/mol. The first-order chi connectivity index (χ1) is 7.90. The first-order valence-electron chi connectivity index (χ1n) is 5.73. The molecule has 0 aromatic carbocycles. The van der Waals surface area contributed by atoms with Crippen LogP contribution in [0.1, 0.15) is 26.2 Å². The molecule has 5 nitrogen and oxygen atoms in total. The van der Waals surface area contributed by atoms with E-state index >= 15 is 0 Å². The Bertz CT molecular complexity index is 331. The standard InChI is InChI=1S/C11H19NO4S/c1-7(6-17(2)16)12-10(13)8-3-4-9(5-8)11(14)15/h7-9H,3-6H2,1-2H3,(H,12,13)(H,14,15). The van der Waals surface area contributed by atoms with Gasteiger partial charge in [-0.2, -0.15) is 0 Å². The molecule has 0 bridgehead atoms. The topological polar surface area (TPSA) is 83.5 Å². The number of carbonyl (C=O) groups is 2. The van der Waals surface area contributed by atoms with Crippen LogP contribution in [0.3, 0.4) is 0 Å². The van der Waals surface area contributed by atoms with Crippen molar-refractivity contribution in [2.75, 3.05) is 12.0 Å². The highest BCUT2D eigenvalue weighted by Crippen LogP contribution is 2.31. The number of nitrogens with one attached hydrogen (secondary N) is 1. The monoisotopic (exact) mass is 261 g/mol. The average Bonchev–Trinajstić information content (AvgIpc) is 2.64. The summed E-state index contributed by atoms with van der Waals surface area (Å²) in [7, 11) is -0.937. The van der Waals surface area contributed by atoms with Gasteiger partial charge in [0.15, 0.2) is 0 Å². The Labute approximate surface area is 103 Å². The molecule has 1 aliphatic rings. The molecule has 4 unspecified atom stereocenters. The molecule has 1 aliphatic carbocycles. The third kappa shape index (κ3) is 4.46. The van der Waals surface area contributed by atoms with E-state index in [1.54, 1.807) is 6.26 Å². The summed E-state index contributed by atoms with van der Waals surface area (Å²) in [5.41, 5.74) is 0. The van der Waals surface area contributed by atoms with Crippen molar-refractivity contribution in [3.05, 3.63) is 0 Å². The Balaban J connectivity index is 2.39. The minimum Gasteiger partial charge on any atom is -0.481 e. The molecular weight excluding hydrogens is 242 g/mol. The Hall–Kier alpha value is -0.910. The van der Waals surface area contributed by atoms with E-state index in [0.29, 0.717) is 25.0 Å². The van der Waals surface area contributed by atoms with Crippen molar-refractivity contribution in [2.24, 2.45) is 11.8 Å². The lowest BCUT2D eigenvalue weighted by Gasteiger charge is -2.16. The molecule has 17 heavy (non-hydrogen) atoms. The van der Waals surface area contributed by atoms with Crippen molar-refractivity contribution < 1.29 is 18.9 Å². The van der Waals surface area contributed by atoms with Crippen molar-refractivity contribution >= 4 is 22.7 Å². The molecule has 1 fully saturated rings. The summed E-state index contributed by atoms with van der Waals surface area (Å²) in [6.45, 7) is 1.81. The maximum absolute atomic E-state index is 11.8. The Kier molecular flexibility index (Phi) is 5.11. The van der Waals surface area contributed by atoms with E-state index < -0.39 is 16.8 Å². The average molecular weight is 261 g/mol. The van der Waals surface area contributed by atoms with Gasteiger partial charge in [0.1, 0.15) is 0 Å². The molecule has 2 N–H and O–H groups in total. The SMILES string of the molecule is CC(CS(C)=O)NC(=O)C1CCC(C(=O)O)C1. The largest absolute Gasteiger partial charge is 0.481 e. The Morgan fingerprint density at radius 2 is 2.00 bits per heavy atom. The van der Waals surface area contributed by atoms with Gasteiger partial charge >= 0.3 is 5.97 Å². The number of rotatable bonds is 5. The summed E-state index contributed by atoms with van der Waals surface area (Å²) >= 11 is 0. The van der Waals surface area contributed by atoms with Crippen LogP contribution in [0.5, 0.6) is 0 Å². The second kappa shape index (κ2) is 6.14. The van der Waals surface area contributed by atoms with Crippen LogP contribution in [-0.2, 0) is 20.4 Å². The summed E-state index contributed by atoms with van der Waals surface area (Å²) in [4.78, 5) is 22.6. The molecule has 0 heterocycles. The van der Waals surface area contributed by atoms with E-state index in [0.717, 1.165) is 0 Å². The number of carbonyl (C=O) groups excluding carboxylic acids is 1. The number of hydrogen-bond donors (Lipinski definition) is 2. The molecule has 0 aromatic heterocycles. The van der Waals surface area contributed by atoms with Crippen molar-refractivity contribution in [1.82, 2.24) is 5.32 Å². The van der Waals surface area contributed by atoms with Crippen LogP contribution >= 0.6 is 0 Å². The minimum absolute atomic E-state index is 0.105. The van der Waals surface area contributed by atoms with E-state index in [1.165, 1.54) is 0 Å². The second-order valence-electron chi connectivity index (χ2n) is 4.69. The van der Waals surface area contributed by atoms with Gasteiger partial charge in [0, 0.05) is 34.8 Å². The second-order valence-corrected chi connectivity index (χ2v) is 6.17. The summed E-state index contributed by atoms with van der Waals surface area (Å²) in [6.07, 6.45) is 3.22. The molecule has 4 atom stereocenters. The number of carboxylic acids is 1. The predicted octanol–water partition coefficient (Wildman–Crippen LogP) is 0.370. The fourth-order valence-corrected chi connectivity index (χ4v) is 2.99. The molecular formula is C11H19NO4S. The normalized spacial score (nSPS) is 27.4. The highest BCUT2D eigenvalue weighted by molar-refractivity contribution is 7.84. The van der Waals surface area contributed by atoms with Gasteiger partial charge in [-0.1, -0.05) is 0 Å². The minimum atomic E-state index is -0.937. The summed E-state index contributed by atoms with van der Waals surface area (Å²) in [5, 5.41) is 11.6. The maximum atomic E-state index is 11.8. The third-order valence-corrected chi connectivity index (χ3v) is 4.00. The highest BCUT2D eigenvalue weighted by atomic mass is 32.2. The molecule has 0 radical (unpaired) electrons. The quantitative estimate of drug-likeness (QED) is 0.749. The van der Waals surface area contributed by atoms with E-state index in [-0.39, 0.29) is 23.8 Å². The van der Waals surface area contributed by atoms with Crippen molar-refractivity contribution in [1.29, 1.82) is 0 Å². The zero-order chi connectivity index (χ0) is 13.0. The molecule has 98 valence electrons. The molecule has 1 rings (SSSR count). The Morgan fingerprint density at radius 1 is 1.41 bits per heavy atom. The lowest BCUT2D eigenvalue weighted by Crippen LogP contribution is -2.39. The summed E-state index contributed by atoms with van der Waals surface area (Å²) < 4.78 is 11.0. The lowest BCUT2D eigenvalue weighted by atomic mass is 10.0. The number of carboxylic acid groups (broad SMARTS) is 1. The zero-order valence-electron chi connectivity index (χ0n) is 10.1. The fourth-order valence-electron chi connectivity index (χ4n) is 2.20. The van der Waals surface area contributed by atoms with Gasteiger partial charge < -0.3 is 10.4 Å². The van der Waals surface area contributed by atoms with Crippen LogP contribution < -0.4 is 5.32 Å². The molecule has 1 saturated carbocycles. The summed E-state index contributed by atoms with van der Waals surface area (Å²) in [6, 6.07) is -0.128. The molecule has 6 heteroatoms. The van der Waals surface area contributed by atoms with Crippen molar-refractivity contribution in [3.8, 4) is 0 Å². The Morgan fingerprint density at radius 3 is 2.47 bits per heavy atom. The van der Waals surface area contributed by atoms with Gasteiger partial charge in [-0.05, 0) is 26.2 Å². The summed E-state index contributed by atoms with van der Waals surface area (Å²) in [5.74, 6) is -1.08. The van der Waals surface area contributed by atoms with Crippen LogP contribution in [0.4, 0.5) is 0 Å². The fraction of sp³-hybridized carbons (Fsp3) is 0.818. The van der Waals surface area contributed by atoms with E-state index in [4.69, 9.17) is 5.11 Å². The van der Waals surface area contributed by atoms with Gasteiger partial charge in [0.25, 0.3) is 0 Å². The first kappa shape index (κ1) is 14.2. The third-order valence-electron chi connectivity index (χ3n) is 3.03. The smallest absolute Gasteiger partial charge is 0.306 e.